The zero-order valence-electron chi connectivity index (χ0n) is 21.9. The number of hydrogen-bond donors (Lipinski definition) is 1. The van der Waals surface area contributed by atoms with Crippen molar-refractivity contribution in [1.82, 2.24) is 20.1 Å². The molecule has 2 aliphatic heterocycles. The van der Waals surface area contributed by atoms with E-state index >= 15 is 0 Å². The topological polar surface area (TPSA) is 116 Å². The van der Waals surface area contributed by atoms with Gasteiger partial charge in [-0.05, 0) is 37.3 Å². The van der Waals surface area contributed by atoms with Crippen LogP contribution in [0.1, 0.15) is 37.1 Å². The number of ether oxygens (including phenoxy) is 2. The zero-order valence-corrected chi connectivity index (χ0v) is 21.9. The van der Waals surface area contributed by atoms with Crippen LogP contribution in [0.25, 0.3) is 0 Å². The normalized spacial score (nSPS) is 21.0. The summed E-state index contributed by atoms with van der Waals surface area (Å²) in [6.45, 7) is 4.79. The lowest BCUT2D eigenvalue weighted by Gasteiger charge is -2.33. The van der Waals surface area contributed by atoms with Gasteiger partial charge in [-0.1, -0.05) is 5.16 Å². The summed E-state index contributed by atoms with van der Waals surface area (Å²) in [5.74, 6) is -1.74. The maximum atomic E-state index is 14.3. The van der Waals surface area contributed by atoms with E-state index in [1.807, 2.05) is 6.92 Å². The highest BCUT2D eigenvalue weighted by molar-refractivity contribution is 5.39. The number of piperidine rings is 1. The third kappa shape index (κ3) is 6.09. The molecule has 0 unspecified atom stereocenters. The molecule has 210 valence electrons. The van der Waals surface area contributed by atoms with Crippen molar-refractivity contribution in [3.63, 3.8) is 0 Å². The highest BCUT2D eigenvalue weighted by atomic mass is 19.2. The number of hydrogen-bond acceptors (Lipinski definition) is 10. The average Bonchev–Trinajstić information content (AvgIpc) is 3.57. The molecular formula is C26H32F3N7O3. The summed E-state index contributed by atoms with van der Waals surface area (Å²) in [6, 6.07) is 1.48. The van der Waals surface area contributed by atoms with Gasteiger partial charge in [0.25, 0.3) is 0 Å². The lowest BCUT2D eigenvalue weighted by molar-refractivity contribution is 0.131. The van der Waals surface area contributed by atoms with Crippen molar-refractivity contribution in [3.8, 4) is 5.75 Å². The average molecular weight is 548 g/mol. The summed E-state index contributed by atoms with van der Waals surface area (Å²) in [4.78, 5) is 17.2. The summed E-state index contributed by atoms with van der Waals surface area (Å²) in [7, 11) is 1.64. The van der Waals surface area contributed by atoms with Gasteiger partial charge in [-0.2, -0.15) is 4.98 Å². The number of nitrogens with zero attached hydrogens (tertiary/aromatic N) is 6. The SMILES string of the molecule is COCCc1noc(N2CCC([C@H](C)Oc3cnc(N4C[C@H](c5cc(F)c(F)cc5F)[C@@H](N)C4)nc3)CC2)n1. The van der Waals surface area contributed by atoms with Crippen molar-refractivity contribution in [2.45, 2.75) is 44.2 Å². The molecule has 0 bridgehead atoms. The van der Waals surface area contributed by atoms with Crippen LogP contribution < -0.4 is 20.3 Å². The molecule has 2 saturated heterocycles. The summed E-state index contributed by atoms with van der Waals surface area (Å²) in [5, 5.41) is 4.01. The van der Waals surface area contributed by atoms with Crippen LogP contribution in [0, 0.1) is 23.4 Å². The number of anilines is 2. The van der Waals surface area contributed by atoms with Crippen LogP contribution in [0.4, 0.5) is 25.1 Å². The van der Waals surface area contributed by atoms with Crippen molar-refractivity contribution in [1.29, 1.82) is 0 Å². The Morgan fingerprint density at radius 3 is 2.49 bits per heavy atom. The van der Waals surface area contributed by atoms with Crippen molar-refractivity contribution < 1.29 is 27.2 Å². The van der Waals surface area contributed by atoms with E-state index in [9.17, 15) is 13.2 Å². The van der Waals surface area contributed by atoms with Gasteiger partial charge in [0, 0.05) is 57.7 Å². The Hall–Kier alpha value is -3.45. The van der Waals surface area contributed by atoms with Gasteiger partial charge in [-0.3, -0.25) is 0 Å². The first-order valence-corrected chi connectivity index (χ1v) is 13.0. The first kappa shape index (κ1) is 27.1. The van der Waals surface area contributed by atoms with E-state index in [0.717, 1.165) is 32.0 Å². The predicted molar refractivity (Wildman–Crippen MR) is 136 cm³/mol. The van der Waals surface area contributed by atoms with E-state index < -0.39 is 29.4 Å². The highest BCUT2D eigenvalue weighted by Gasteiger charge is 2.35. The molecule has 3 atom stereocenters. The molecule has 5 rings (SSSR count). The minimum Gasteiger partial charge on any atom is -0.487 e. The molecule has 39 heavy (non-hydrogen) atoms. The van der Waals surface area contributed by atoms with Crippen LogP contribution in [-0.4, -0.2) is 72.2 Å². The van der Waals surface area contributed by atoms with Crippen molar-refractivity contribution in [2.24, 2.45) is 11.7 Å². The monoisotopic (exact) mass is 547 g/mol. The van der Waals surface area contributed by atoms with Gasteiger partial charge in [0.1, 0.15) is 5.82 Å². The van der Waals surface area contributed by atoms with Crippen LogP contribution in [0.15, 0.2) is 29.0 Å². The van der Waals surface area contributed by atoms with Gasteiger partial charge < -0.3 is 29.5 Å². The van der Waals surface area contributed by atoms with Crippen LogP contribution in [0.2, 0.25) is 0 Å². The minimum atomic E-state index is -1.22. The molecule has 2 N–H and O–H groups in total. The van der Waals surface area contributed by atoms with Gasteiger partial charge in [-0.15, -0.1) is 0 Å². The quantitative estimate of drug-likeness (QED) is 0.401. The number of halogens is 3. The molecule has 2 aliphatic rings. The predicted octanol–water partition coefficient (Wildman–Crippen LogP) is 3.08. The molecule has 4 heterocycles. The third-order valence-corrected chi connectivity index (χ3v) is 7.48. The summed E-state index contributed by atoms with van der Waals surface area (Å²) >= 11 is 0. The number of methoxy groups -OCH3 is 1. The van der Waals surface area contributed by atoms with Gasteiger partial charge >= 0.3 is 6.01 Å². The Morgan fingerprint density at radius 1 is 1.05 bits per heavy atom. The van der Waals surface area contributed by atoms with E-state index in [0.29, 0.717) is 55.1 Å². The second-order valence-electron chi connectivity index (χ2n) is 10.1. The molecule has 1 aromatic carbocycles. The lowest BCUT2D eigenvalue weighted by atomic mass is 9.92. The molecule has 2 aromatic heterocycles. The molecule has 3 aromatic rings. The van der Waals surface area contributed by atoms with Crippen LogP contribution in [0.3, 0.4) is 0 Å². The van der Waals surface area contributed by atoms with Gasteiger partial charge in [0.05, 0.1) is 25.1 Å². The van der Waals surface area contributed by atoms with Crippen molar-refractivity contribution in [2.75, 3.05) is 49.7 Å². The maximum Gasteiger partial charge on any atom is 0.324 e. The number of aromatic nitrogens is 4. The molecular weight excluding hydrogens is 515 g/mol. The fourth-order valence-corrected chi connectivity index (χ4v) is 5.22. The molecule has 10 nitrogen and oxygen atoms in total. The van der Waals surface area contributed by atoms with Crippen LogP contribution in [0.5, 0.6) is 5.75 Å². The number of rotatable bonds is 9. The van der Waals surface area contributed by atoms with Gasteiger partial charge in [0.2, 0.25) is 5.95 Å². The second-order valence-corrected chi connectivity index (χ2v) is 10.1. The molecule has 0 spiro atoms. The van der Waals surface area contributed by atoms with Gasteiger partial charge in [0.15, 0.2) is 23.2 Å². The number of nitrogens with two attached hydrogens (primary N) is 1. The highest BCUT2D eigenvalue weighted by Crippen LogP contribution is 2.32. The summed E-state index contributed by atoms with van der Waals surface area (Å²) in [6.07, 6.45) is 5.57. The Morgan fingerprint density at radius 2 is 1.77 bits per heavy atom. The molecule has 0 aliphatic carbocycles. The minimum absolute atomic E-state index is 0.0503. The molecule has 13 heteroatoms. The largest absolute Gasteiger partial charge is 0.487 e. The Kier molecular flexibility index (Phi) is 8.17. The fourth-order valence-electron chi connectivity index (χ4n) is 5.22. The third-order valence-electron chi connectivity index (χ3n) is 7.48. The zero-order chi connectivity index (χ0) is 27.5. The summed E-state index contributed by atoms with van der Waals surface area (Å²) in [5.41, 5.74) is 6.27. The molecule has 2 fully saturated rings. The van der Waals surface area contributed by atoms with E-state index in [1.54, 1.807) is 24.4 Å². The van der Waals surface area contributed by atoms with E-state index in [-0.39, 0.29) is 18.2 Å². The molecule has 0 amide bonds. The first-order valence-electron chi connectivity index (χ1n) is 13.0. The standard InChI is InChI=1S/C26H32F3N7O3/c1-15(16-3-6-35(7-4-16)26-33-24(34-39-26)5-8-37-2)38-17-11-31-25(32-12-17)36-13-19(23(30)14-36)18-9-21(28)22(29)10-20(18)27/h9-12,15-16,19,23H,3-8,13-14,30H2,1-2H3/t15-,19+,23-/m0/s1. The Bertz CT molecular complexity index is 1250. The smallest absolute Gasteiger partial charge is 0.324 e. The van der Waals surface area contributed by atoms with Crippen LogP contribution in [-0.2, 0) is 11.2 Å². The van der Waals surface area contributed by atoms with Crippen molar-refractivity contribution in [3.05, 3.63) is 53.4 Å². The maximum absolute atomic E-state index is 14.3. The van der Waals surface area contributed by atoms with E-state index in [1.165, 1.54) is 0 Å². The van der Waals surface area contributed by atoms with E-state index in [4.69, 9.17) is 19.7 Å². The Balaban J connectivity index is 1.13. The first-order chi connectivity index (χ1) is 18.8. The molecule has 0 radical (unpaired) electrons. The van der Waals surface area contributed by atoms with E-state index in [2.05, 4.69) is 25.0 Å². The van der Waals surface area contributed by atoms with Crippen molar-refractivity contribution >= 4 is 12.0 Å². The fraction of sp³-hybridized carbons (Fsp3) is 0.538. The van der Waals surface area contributed by atoms with Gasteiger partial charge in [-0.25, -0.2) is 23.1 Å². The summed E-state index contributed by atoms with van der Waals surface area (Å²) < 4.78 is 58.0. The lowest BCUT2D eigenvalue weighted by Crippen LogP contribution is -2.38. The second kappa shape index (κ2) is 11.7. The molecule has 0 saturated carbocycles. The van der Waals surface area contributed by atoms with Crippen LogP contribution >= 0.6 is 0 Å². The number of benzene rings is 1. The Labute approximate surface area is 224 Å².